The summed E-state index contributed by atoms with van der Waals surface area (Å²) in [7, 11) is 1.68. The average molecular weight is 384 g/mol. The predicted octanol–water partition coefficient (Wildman–Crippen LogP) is 6.11. The van der Waals surface area contributed by atoms with Crippen LogP contribution < -0.4 is 4.74 Å². The molecule has 1 saturated heterocycles. The first-order chi connectivity index (χ1) is 13.0. The Bertz CT molecular complexity index is 754. The largest absolute Gasteiger partial charge is 0.497 e. The number of rotatable bonds is 7. The molecule has 0 radical (unpaired) electrons. The van der Waals surface area contributed by atoms with E-state index in [1.165, 1.54) is 11.1 Å². The van der Waals surface area contributed by atoms with E-state index in [-0.39, 0.29) is 25.7 Å². The Morgan fingerprint density at radius 2 is 1.68 bits per heavy atom. The zero-order valence-electron chi connectivity index (χ0n) is 16.6. The standard InChI is InChI=1S/C23H29NO3.CH4/c1-16-5-8-20(9-6-16)18(3)24-15-22(27-23(24)25)12-7-17(2)19-10-13-21(26-4)14-11-19;/h5-6,8-11,13-14,17-18,22H,7,12,15H2,1-4H3;1H4/t17-,18+,22-;/m1./s1. The molecule has 0 bridgehead atoms. The smallest absolute Gasteiger partial charge is 0.410 e. The van der Waals surface area contributed by atoms with Crippen molar-refractivity contribution in [1.82, 2.24) is 4.90 Å². The summed E-state index contributed by atoms with van der Waals surface area (Å²) >= 11 is 0. The van der Waals surface area contributed by atoms with Crippen molar-refractivity contribution in [3.63, 3.8) is 0 Å². The minimum atomic E-state index is -0.204. The highest BCUT2D eigenvalue weighted by atomic mass is 16.6. The maximum Gasteiger partial charge on any atom is 0.410 e. The summed E-state index contributed by atoms with van der Waals surface area (Å²) < 4.78 is 10.8. The number of carbonyl (C=O) groups is 1. The van der Waals surface area contributed by atoms with Crippen molar-refractivity contribution in [2.45, 2.75) is 59.1 Å². The lowest BCUT2D eigenvalue weighted by atomic mass is 9.94. The molecule has 0 saturated carbocycles. The topological polar surface area (TPSA) is 38.8 Å². The Morgan fingerprint density at radius 3 is 2.29 bits per heavy atom. The zero-order chi connectivity index (χ0) is 19.4. The number of nitrogens with zero attached hydrogens (tertiary/aromatic N) is 1. The molecule has 0 spiro atoms. The molecule has 0 aliphatic carbocycles. The summed E-state index contributed by atoms with van der Waals surface area (Å²) in [6, 6.07) is 16.6. The number of benzene rings is 2. The zero-order valence-corrected chi connectivity index (χ0v) is 16.6. The van der Waals surface area contributed by atoms with Gasteiger partial charge in [0.2, 0.25) is 0 Å². The van der Waals surface area contributed by atoms with Gasteiger partial charge in [0.15, 0.2) is 0 Å². The molecule has 1 fully saturated rings. The fourth-order valence-electron chi connectivity index (χ4n) is 3.57. The molecular weight excluding hydrogens is 350 g/mol. The molecule has 1 aliphatic rings. The van der Waals surface area contributed by atoms with Crippen molar-refractivity contribution in [1.29, 1.82) is 0 Å². The molecule has 1 heterocycles. The lowest BCUT2D eigenvalue weighted by molar-refractivity contribution is 0.124. The minimum absolute atomic E-state index is 0. The lowest BCUT2D eigenvalue weighted by Gasteiger charge is -2.22. The third-order valence-electron chi connectivity index (χ3n) is 5.54. The molecular formula is C24H33NO3. The summed E-state index contributed by atoms with van der Waals surface area (Å²) in [6.07, 6.45) is 1.61. The molecule has 1 amide bonds. The van der Waals surface area contributed by atoms with Crippen LogP contribution in [0, 0.1) is 6.92 Å². The van der Waals surface area contributed by atoms with Crippen LogP contribution in [0.1, 0.15) is 62.8 Å². The van der Waals surface area contributed by atoms with Crippen LogP contribution in [0.5, 0.6) is 5.75 Å². The number of carbonyl (C=O) groups excluding carboxylic acids is 1. The molecule has 28 heavy (non-hydrogen) atoms. The van der Waals surface area contributed by atoms with Crippen molar-refractivity contribution >= 4 is 6.09 Å². The van der Waals surface area contributed by atoms with Gasteiger partial charge in [0.1, 0.15) is 11.9 Å². The Morgan fingerprint density at radius 1 is 1.07 bits per heavy atom. The Hall–Kier alpha value is -2.49. The van der Waals surface area contributed by atoms with Gasteiger partial charge in [-0.05, 0) is 55.9 Å². The van der Waals surface area contributed by atoms with E-state index in [2.05, 4.69) is 57.2 Å². The second kappa shape index (κ2) is 9.63. The second-order valence-electron chi connectivity index (χ2n) is 7.50. The maximum atomic E-state index is 12.3. The molecule has 1 aliphatic heterocycles. The van der Waals surface area contributed by atoms with Crippen LogP contribution in [-0.2, 0) is 4.74 Å². The van der Waals surface area contributed by atoms with Gasteiger partial charge >= 0.3 is 6.09 Å². The molecule has 2 aromatic carbocycles. The Labute approximate surface area is 169 Å². The van der Waals surface area contributed by atoms with Gasteiger partial charge in [-0.25, -0.2) is 4.79 Å². The van der Waals surface area contributed by atoms with Crippen LogP contribution in [0.25, 0.3) is 0 Å². The SMILES string of the molecule is C.COc1ccc([C@H](C)CC[C@@H]2CN([C@@H](C)c3ccc(C)cc3)C(=O)O2)cc1. The third kappa shape index (κ3) is 5.06. The van der Waals surface area contributed by atoms with Gasteiger partial charge in [-0.3, -0.25) is 4.90 Å². The van der Waals surface area contributed by atoms with Gasteiger partial charge in [0.25, 0.3) is 0 Å². The number of aryl methyl sites for hydroxylation is 1. The summed E-state index contributed by atoms with van der Waals surface area (Å²) in [5.41, 5.74) is 3.65. The molecule has 4 heteroatoms. The van der Waals surface area contributed by atoms with Crippen LogP contribution >= 0.6 is 0 Å². The third-order valence-corrected chi connectivity index (χ3v) is 5.54. The molecule has 4 nitrogen and oxygen atoms in total. The number of methoxy groups -OCH3 is 1. The van der Waals surface area contributed by atoms with E-state index in [1.807, 2.05) is 17.0 Å². The first-order valence-corrected chi connectivity index (χ1v) is 9.65. The number of ether oxygens (including phenoxy) is 2. The quantitative estimate of drug-likeness (QED) is 0.579. The molecule has 3 rings (SSSR count). The van der Waals surface area contributed by atoms with E-state index in [9.17, 15) is 4.79 Å². The van der Waals surface area contributed by atoms with Gasteiger partial charge in [-0.15, -0.1) is 0 Å². The maximum absolute atomic E-state index is 12.3. The minimum Gasteiger partial charge on any atom is -0.497 e. The summed E-state index contributed by atoms with van der Waals surface area (Å²) in [5, 5.41) is 0. The fraction of sp³-hybridized carbons (Fsp3) is 0.458. The van der Waals surface area contributed by atoms with Crippen molar-refractivity contribution < 1.29 is 14.3 Å². The predicted molar refractivity (Wildman–Crippen MR) is 114 cm³/mol. The Balaban J connectivity index is 0.00000280. The molecule has 2 aromatic rings. The van der Waals surface area contributed by atoms with Crippen LogP contribution in [0.4, 0.5) is 4.79 Å². The highest BCUT2D eigenvalue weighted by Crippen LogP contribution is 2.30. The van der Waals surface area contributed by atoms with Gasteiger partial charge in [-0.1, -0.05) is 56.3 Å². The van der Waals surface area contributed by atoms with Crippen LogP contribution in [0.3, 0.4) is 0 Å². The summed E-state index contributed by atoms with van der Waals surface area (Å²) in [5.74, 6) is 1.29. The van der Waals surface area contributed by atoms with E-state index in [0.29, 0.717) is 12.5 Å². The average Bonchev–Trinajstić information content (AvgIpc) is 3.07. The summed E-state index contributed by atoms with van der Waals surface area (Å²) in [6.45, 7) is 7.00. The van der Waals surface area contributed by atoms with Gasteiger partial charge in [-0.2, -0.15) is 0 Å². The molecule has 0 N–H and O–H groups in total. The number of cyclic esters (lactones) is 1. The van der Waals surface area contributed by atoms with Crippen molar-refractivity contribution in [2.24, 2.45) is 0 Å². The number of amides is 1. The molecule has 3 atom stereocenters. The van der Waals surface area contributed by atoms with Crippen molar-refractivity contribution in [3.05, 3.63) is 65.2 Å². The second-order valence-corrected chi connectivity index (χ2v) is 7.50. The number of hydrogen-bond donors (Lipinski definition) is 0. The van der Waals surface area contributed by atoms with E-state index in [1.54, 1.807) is 7.11 Å². The van der Waals surface area contributed by atoms with Crippen LogP contribution in [-0.4, -0.2) is 30.8 Å². The molecule has 0 aromatic heterocycles. The van der Waals surface area contributed by atoms with E-state index in [4.69, 9.17) is 9.47 Å². The normalized spacial score (nSPS) is 18.2. The fourth-order valence-corrected chi connectivity index (χ4v) is 3.57. The van der Waals surface area contributed by atoms with Crippen molar-refractivity contribution in [3.8, 4) is 5.75 Å². The van der Waals surface area contributed by atoms with Crippen LogP contribution in [0.15, 0.2) is 48.5 Å². The monoisotopic (exact) mass is 383 g/mol. The molecule has 152 valence electrons. The first kappa shape index (κ1) is 21.8. The van der Waals surface area contributed by atoms with Crippen LogP contribution in [0.2, 0.25) is 0 Å². The highest BCUT2D eigenvalue weighted by molar-refractivity contribution is 5.70. The van der Waals surface area contributed by atoms with Gasteiger partial charge in [0, 0.05) is 0 Å². The van der Waals surface area contributed by atoms with E-state index in [0.717, 1.165) is 24.2 Å². The van der Waals surface area contributed by atoms with Gasteiger partial charge in [0.05, 0.1) is 19.7 Å². The highest BCUT2D eigenvalue weighted by Gasteiger charge is 2.34. The first-order valence-electron chi connectivity index (χ1n) is 9.65. The number of hydrogen-bond acceptors (Lipinski definition) is 3. The van der Waals surface area contributed by atoms with E-state index >= 15 is 0 Å². The summed E-state index contributed by atoms with van der Waals surface area (Å²) in [4.78, 5) is 14.2. The van der Waals surface area contributed by atoms with E-state index < -0.39 is 0 Å². The molecule has 0 unspecified atom stereocenters. The van der Waals surface area contributed by atoms with Gasteiger partial charge < -0.3 is 9.47 Å². The Kier molecular flexibility index (Phi) is 7.50. The van der Waals surface area contributed by atoms with Crippen molar-refractivity contribution in [2.75, 3.05) is 13.7 Å². The lowest BCUT2D eigenvalue weighted by Crippen LogP contribution is -2.28.